The fourth-order valence-electron chi connectivity index (χ4n) is 4.11. The van der Waals surface area contributed by atoms with E-state index in [9.17, 15) is 4.79 Å². The van der Waals surface area contributed by atoms with Crippen molar-refractivity contribution in [3.05, 3.63) is 60.2 Å². The number of nitrogens with zero attached hydrogens (tertiary/aromatic N) is 2. The molecule has 30 heavy (non-hydrogen) atoms. The smallest absolute Gasteiger partial charge is 0.252 e. The topological polar surface area (TPSA) is 54.5 Å². The molecule has 156 valence electrons. The highest BCUT2D eigenvalue weighted by molar-refractivity contribution is 6.07. The maximum atomic E-state index is 13.1. The van der Waals surface area contributed by atoms with E-state index in [1.54, 1.807) is 7.11 Å². The number of hydrogen-bond donors (Lipinski definition) is 1. The first-order valence-corrected chi connectivity index (χ1v) is 10.6. The van der Waals surface area contributed by atoms with Crippen LogP contribution in [0.2, 0.25) is 0 Å². The van der Waals surface area contributed by atoms with Gasteiger partial charge in [-0.05, 0) is 81.7 Å². The van der Waals surface area contributed by atoms with E-state index in [0.717, 1.165) is 47.4 Å². The summed E-state index contributed by atoms with van der Waals surface area (Å²) in [5, 5.41) is 4.03. The number of carbonyl (C=O) groups excluding carboxylic acids is 1. The Labute approximate surface area is 178 Å². The fourth-order valence-corrected chi connectivity index (χ4v) is 4.11. The summed E-state index contributed by atoms with van der Waals surface area (Å²) >= 11 is 0. The molecule has 0 spiro atoms. The number of pyridine rings is 1. The van der Waals surface area contributed by atoms with Crippen molar-refractivity contribution < 1.29 is 9.53 Å². The Hall–Kier alpha value is -2.92. The van der Waals surface area contributed by atoms with E-state index in [1.165, 1.54) is 12.8 Å². The number of benzene rings is 2. The minimum Gasteiger partial charge on any atom is -0.497 e. The van der Waals surface area contributed by atoms with Gasteiger partial charge in [0.2, 0.25) is 0 Å². The van der Waals surface area contributed by atoms with Gasteiger partial charge in [-0.25, -0.2) is 4.98 Å². The minimum absolute atomic E-state index is 0.0312. The molecule has 1 amide bonds. The van der Waals surface area contributed by atoms with Gasteiger partial charge in [-0.3, -0.25) is 4.79 Å². The number of amides is 1. The first kappa shape index (κ1) is 20.4. The summed E-state index contributed by atoms with van der Waals surface area (Å²) in [6, 6.07) is 17.5. The number of likely N-dealkylation sites (tertiary alicyclic amines) is 1. The zero-order chi connectivity index (χ0) is 20.9. The van der Waals surface area contributed by atoms with E-state index in [0.29, 0.717) is 18.0 Å². The van der Waals surface area contributed by atoms with Crippen molar-refractivity contribution in [1.29, 1.82) is 0 Å². The number of para-hydroxylation sites is 1. The van der Waals surface area contributed by atoms with Crippen LogP contribution in [0.4, 0.5) is 0 Å². The van der Waals surface area contributed by atoms with Crippen molar-refractivity contribution in [3.8, 4) is 17.0 Å². The van der Waals surface area contributed by atoms with Crippen LogP contribution in [-0.2, 0) is 0 Å². The maximum absolute atomic E-state index is 13.1. The predicted octanol–water partition coefficient (Wildman–Crippen LogP) is 4.37. The summed E-state index contributed by atoms with van der Waals surface area (Å²) in [4.78, 5) is 20.2. The molecule has 5 heteroatoms. The molecule has 0 bridgehead atoms. The van der Waals surface area contributed by atoms with E-state index in [1.807, 2.05) is 54.6 Å². The average Bonchev–Trinajstić information content (AvgIpc) is 2.79. The lowest BCUT2D eigenvalue weighted by atomic mass is 9.94. The van der Waals surface area contributed by atoms with E-state index < -0.39 is 0 Å². The maximum Gasteiger partial charge on any atom is 0.252 e. The molecule has 0 unspecified atom stereocenters. The molecule has 4 rings (SSSR count). The molecule has 1 fully saturated rings. The average molecular weight is 404 g/mol. The SMILES string of the molecule is COc1ccc(-c2cc(C(=O)NCCC3CCN(C)CC3)c3ccccc3n2)cc1. The molecule has 1 aliphatic heterocycles. The second-order valence-electron chi connectivity index (χ2n) is 8.09. The van der Waals surface area contributed by atoms with Crippen LogP contribution in [0.5, 0.6) is 5.75 Å². The largest absolute Gasteiger partial charge is 0.497 e. The van der Waals surface area contributed by atoms with Gasteiger partial charge in [0.15, 0.2) is 0 Å². The van der Waals surface area contributed by atoms with Crippen molar-refractivity contribution in [3.63, 3.8) is 0 Å². The number of nitrogens with one attached hydrogen (secondary N) is 1. The lowest BCUT2D eigenvalue weighted by molar-refractivity contribution is 0.0950. The second kappa shape index (κ2) is 9.26. The van der Waals surface area contributed by atoms with Gasteiger partial charge >= 0.3 is 0 Å². The van der Waals surface area contributed by atoms with Gasteiger partial charge in [0.05, 0.1) is 23.9 Å². The molecule has 1 N–H and O–H groups in total. The first-order chi connectivity index (χ1) is 14.6. The van der Waals surface area contributed by atoms with E-state index in [4.69, 9.17) is 9.72 Å². The minimum atomic E-state index is -0.0312. The first-order valence-electron chi connectivity index (χ1n) is 10.6. The van der Waals surface area contributed by atoms with Crippen LogP contribution < -0.4 is 10.1 Å². The van der Waals surface area contributed by atoms with Gasteiger partial charge < -0.3 is 15.0 Å². The van der Waals surface area contributed by atoms with Crippen LogP contribution in [0.3, 0.4) is 0 Å². The third-order valence-corrected chi connectivity index (χ3v) is 6.02. The molecule has 2 heterocycles. The van der Waals surface area contributed by atoms with Crippen LogP contribution in [0, 0.1) is 5.92 Å². The lowest BCUT2D eigenvalue weighted by Crippen LogP contribution is -2.32. The number of ether oxygens (including phenoxy) is 1. The molecule has 5 nitrogen and oxygen atoms in total. The molecule has 1 saturated heterocycles. The molecule has 0 saturated carbocycles. The summed E-state index contributed by atoms with van der Waals surface area (Å²) in [5.74, 6) is 1.47. The van der Waals surface area contributed by atoms with Gasteiger partial charge in [-0.1, -0.05) is 18.2 Å². The molecule has 1 aliphatic rings. The summed E-state index contributed by atoms with van der Waals surface area (Å²) in [6.07, 6.45) is 3.46. The predicted molar refractivity (Wildman–Crippen MR) is 121 cm³/mol. The molecular weight excluding hydrogens is 374 g/mol. The summed E-state index contributed by atoms with van der Waals surface area (Å²) < 4.78 is 5.25. The van der Waals surface area contributed by atoms with Crippen LogP contribution in [-0.4, -0.2) is 49.6 Å². The van der Waals surface area contributed by atoms with Gasteiger partial charge in [0.25, 0.3) is 5.91 Å². The van der Waals surface area contributed by atoms with Gasteiger partial charge in [-0.15, -0.1) is 0 Å². The number of fused-ring (bicyclic) bond motifs is 1. The number of hydrogen-bond acceptors (Lipinski definition) is 4. The molecule has 2 aromatic carbocycles. The van der Waals surface area contributed by atoms with E-state index >= 15 is 0 Å². The third-order valence-electron chi connectivity index (χ3n) is 6.02. The highest BCUT2D eigenvalue weighted by Gasteiger charge is 2.18. The van der Waals surface area contributed by atoms with Gasteiger partial charge in [0.1, 0.15) is 5.75 Å². The number of carbonyl (C=O) groups is 1. The van der Waals surface area contributed by atoms with Crippen molar-refractivity contribution in [2.45, 2.75) is 19.3 Å². The Morgan fingerprint density at radius 1 is 1.13 bits per heavy atom. The molecular formula is C25H29N3O2. The fraction of sp³-hybridized carbons (Fsp3) is 0.360. The Kier molecular flexibility index (Phi) is 6.29. The monoisotopic (exact) mass is 403 g/mol. The van der Waals surface area contributed by atoms with Crippen molar-refractivity contribution >= 4 is 16.8 Å². The van der Waals surface area contributed by atoms with Crippen LogP contribution in [0.1, 0.15) is 29.6 Å². The number of methoxy groups -OCH3 is 1. The Morgan fingerprint density at radius 3 is 2.60 bits per heavy atom. The number of rotatable bonds is 6. The highest BCUT2D eigenvalue weighted by Crippen LogP contribution is 2.26. The Morgan fingerprint density at radius 2 is 1.87 bits per heavy atom. The normalized spacial score (nSPS) is 15.3. The molecule has 3 aromatic rings. The van der Waals surface area contributed by atoms with Crippen molar-refractivity contribution in [2.24, 2.45) is 5.92 Å². The molecule has 0 atom stereocenters. The zero-order valence-electron chi connectivity index (χ0n) is 17.7. The van der Waals surface area contributed by atoms with Crippen molar-refractivity contribution in [2.75, 3.05) is 33.8 Å². The molecule has 0 aliphatic carbocycles. The Bertz CT molecular complexity index is 1010. The lowest BCUT2D eigenvalue weighted by Gasteiger charge is -2.28. The molecule has 0 radical (unpaired) electrons. The van der Waals surface area contributed by atoms with Crippen molar-refractivity contribution in [1.82, 2.24) is 15.2 Å². The zero-order valence-corrected chi connectivity index (χ0v) is 17.7. The Balaban J connectivity index is 1.53. The third kappa shape index (κ3) is 4.62. The number of aromatic nitrogens is 1. The highest BCUT2D eigenvalue weighted by atomic mass is 16.5. The van der Waals surface area contributed by atoms with Gasteiger partial charge in [-0.2, -0.15) is 0 Å². The summed E-state index contributed by atoms with van der Waals surface area (Å²) in [5.41, 5.74) is 3.25. The second-order valence-corrected chi connectivity index (χ2v) is 8.09. The molecule has 1 aromatic heterocycles. The van der Waals surface area contributed by atoms with E-state index in [-0.39, 0.29) is 5.91 Å². The van der Waals surface area contributed by atoms with E-state index in [2.05, 4.69) is 17.3 Å². The van der Waals surface area contributed by atoms with Crippen LogP contribution in [0.25, 0.3) is 22.2 Å². The van der Waals surface area contributed by atoms with Crippen LogP contribution in [0.15, 0.2) is 54.6 Å². The summed E-state index contributed by atoms with van der Waals surface area (Å²) in [7, 11) is 3.82. The van der Waals surface area contributed by atoms with Gasteiger partial charge in [0, 0.05) is 17.5 Å². The quantitative estimate of drug-likeness (QED) is 0.664. The van der Waals surface area contributed by atoms with Crippen LogP contribution >= 0.6 is 0 Å². The standard InChI is InChI=1S/C25H29N3O2/c1-28-15-12-18(13-16-28)11-14-26-25(29)22-17-24(19-7-9-20(30-2)10-8-19)27-23-6-4-3-5-21(22)23/h3-10,17-18H,11-16H2,1-2H3,(H,26,29). The summed E-state index contributed by atoms with van der Waals surface area (Å²) in [6.45, 7) is 3.01. The number of piperidine rings is 1.